The summed E-state index contributed by atoms with van der Waals surface area (Å²) in [5.41, 5.74) is 5.34. The van der Waals surface area contributed by atoms with Gasteiger partial charge in [-0.15, -0.1) is 0 Å². The molecule has 0 aliphatic heterocycles. The predicted octanol–water partition coefficient (Wildman–Crippen LogP) is -0.520. The Morgan fingerprint density at radius 2 is 2.38 bits per heavy atom. The second-order valence-electron chi connectivity index (χ2n) is 2.83. The van der Waals surface area contributed by atoms with Crippen LogP contribution >= 0.6 is 0 Å². The fraction of sp³-hybridized carbons (Fsp3) is 0.857. The summed E-state index contributed by atoms with van der Waals surface area (Å²) in [6.07, 6.45) is 2.50. The highest BCUT2D eigenvalue weighted by atomic mass is 32.2. The summed E-state index contributed by atoms with van der Waals surface area (Å²) in [5, 5.41) is 14.2. The molecule has 4 N–H and O–H groups in total. The lowest BCUT2D eigenvalue weighted by atomic mass is 10.3. The van der Waals surface area contributed by atoms with Gasteiger partial charge in [0.2, 0.25) is 0 Å². The lowest BCUT2D eigenvalue weighted by Crippen LogP contribution is -2.39. The Morgan fingerprint density at radius 1 is 1.77 bits per heavy atom. The average Bonchev–Trinajstić information content (AvgIpc) is 2.10. The molecule has 0 saturated carbocycles. The molecule has 78 valence electrons. The molecular formula is C7H17N3O2S. The van der Waals surface area contributed by atoms with E-state index < -0.39 is 10.8 Å². The first kappa shape index (κ1) is 12.4. The first-order chi connectivity index (χ1) is 6.07. The lowest BCUT2D eigenvalue weighted by molar-refractivity contribution is 0.315. The topological polar surface area (TPSA) is 87.7 Å². The number of nitrogens with two attached hydrogens (primary N) is 1. The van der Waals surface area contributed by atoms with Gasteiger partial charge in [0.05, 0.1) is 6.04 Å². The molecule has 0 fully saturated rings. The second-order valence-corrected chi connectivity index (χ2v) is 4.39. The SMILES string of the molecule is CC(NCCCS(C)=O)C(N)=NO. The lowest BCUT2D eigenvalue weighted by Gasteiger charge is -2.10. The van der Waals surface area contributed by atoms with E-state index in [0.29, 0.717) is 5.75 Å². The summed E-state index contributed by atoms with van der Waals surface area (Å²) in [5.74, 6) is 0.841. The van der Waals surface area contributed by atoms with Crippen molar-refractivity contribution in [2.24, 2.45) is 10.9 Å². The normalized spacial score (nSPS) is 16.9. The Balaban J connectivity index is 3.48. The Bertz CT molecular complexity index is 196. The molecule has 0 spiro atoms. The fourth-order valence-electron chi connectivity index (χ4n) is 0.785. The molecule has 13 heavy (non-hydrogen) atoms. The van der Waals surface area contributed by atoms with Gasteiger partial charge >= 0.3 is 0 Å². The van der Waals surface area contributed by atoms with Crippen molar-refractivity contribution in [2.75, 3.05) is 18.6 Å². The van der Waals surface area contributed by atoms with Gasteiger partial charge in [0.15, 0.2) is 5.84 Å². The number of hydrogen-bond donors (Lipinski definition) is 3. The summed E-state index contributed by atoms with van der Waals surface area (Å²) in [7, 11) is -0.744. The third kappa shape index (κ3) is 6.53. The smallest absolute Gasteiger partial charge is 0.156 e. The van der Waals surface area contributed by atoms with E-state index in [0.717, 1.165) is 13.0 Å². The molecule has 0 bridgehead atoms. The largest absolute Gasteiger partial charge is 0.409 e. The highest BCUT2D eigenvalue weighted by molar-refractivity contribution is 7.84. The Hall–Kier alpha value is -0.620. The molecule has 0 radical (unpaired) electrons. The van der Waals surface area contributed by atoms with Crippen LogP contribution in [0.25, 0.3) is 0 Å². The van der Waals surface area contributed by atoms with E-state index in [9.17, 15) is 4.21 Å². The highest BCUT2D eigenvalue weighted by Crippen LogP contribution is 1.85. The van der Waals surface area contributed by atoms with Crippen molar-refractivity contribution >= 4 is 16.6 Å². The van der Waals surface area contributed by atoms with Crippen LogP contribution in [-0.2, 0) is 10.8 Å². The Morgan fingerprint density at radius 3 is 2.85 bits per heavy atom. The molecule has 0 amide bonds. The number of nitrogens with one attached hydrogen (secondary N) is 1. The first-order valence-electron chi connectivity index (χ1n) is 4.08. The van der Waals surface area contributed by atoms with Gasteiger partial charge in [-0.3, -0.25) is 4.21 Å². The number of oxime groups is 1. The van der Waals surface area contributed by atoms with E-state index in [4.69, 9.17) is 10.9 Å². The third-order valence-corrected chi connectivity index (χ3v) is 2.48. The van der Waals surface area contributed by atoms with Gasteiger partial charge in [0, 0.05) is 22.8 Å². The van der Waals surface area contributed by atoms with Gasteiger partial charge in [-0.1, -0.05) is 5.16 Å². The zero-order chi connectivity index (χ0) is 10.3. The molecule has 2 unspecified atom stereocenters. The summed E-state index contributed by atoms with van der Waals surface area (Å²) in [6, 6.07) is -0.143. The van der Waals surface area contributed by atoms with Crippen LogP contribution in [0, 0.1) is 0 Å². The van der Waals surface area contributed by atoms with Gasteiger partial charge in [0.25, 0.3) is 0 Å². The minimum atomic E-state index is -0.744. The molecule has 0 aromatic carbocycles. The standard InChI is InChI=1S/C7H17N3O2S/c1-6(7(8)10-11)9-4-3-5-13(2)12/h6,9,11H,3-5H2,1-2H3,(H2,8,10). The minimum Gasteiger partial charge on any atom is -0.409 e. The maximum absolute atomic E-state index is 10.7. The van der Waals surface area contributed by atoms with E-state index in [-0.39, 0.29) is 11.9 Å². The monoisotopic (exact) mass is 207 g/mol. The van der Waals surface area contributed by atoms with Gasteiger partial charge < -0.3 is 16.3 Å². The van der Waals surface area contributed by atoms with Crippen molar-refractivity contribution < 1.29 is 9.42 Å². The zero-order valence-electron chi connectivity index (χ0n) is 7.99. The highest BCUT2D eigenvalue weighted by Gasteiger charge is 2.05. The van der Waals surface area contributed by atoms with Gasteiger partial charge in [-0.25, -0.2) is 0 Å². The maximum atomic E-state index is 10.7. The molecule has 2 atom stereocenters. The molecule has 0 rings (SSSR count). The van der Waals surface area contributed by atoms with E-state index in [2.05, 4.69) is 10.5 Å². The van der Waals surface area contributed by atoms with Gasteiger partial charge in [0.1, 0.15) is 0 Å². The van der Waals surface area contributed by atoms with Crippen LogP contribution in [0.3, 0.4) is 0 Å². The number of rotatable bonds is 6. The van der Waals surface area contributed by atoms with Gasteiger partial charge in [-0.05, 0) is 19.9 Å². The molecule has 0 aliphatic rings. The Kier molecular flexibility index (Phi) is 6.52. The molecule has 6 heteroatoms. The summed E-state index contributed by atoms with van der Waals surface area (Å²) >= 11 is 0. The molecule has 0 aromatic rings. The zero-order valence-corrected chi connectivity index (χ0v) is 8.80. The van der Waals surface area contributed by atoms with Crippen LogP contribution in [-0.4, -0.2) is 39.8 Å². The molecule has 0 heterocycles. The molecule has 0 aromatic heterocycles. The van der Waals surface area contributed by atoms with Crippen LogP contribution in [0.1, 0.15) is 13.3 Å². The van der Waals surface area contributed by atoms with Crippen molar-refractivity contribution in [2.45, 2.75) is 19.4 Å². The summed E-state index contributed by atoms with van der Waals surface area (Å²) in [6.45, 7) is 2.52. The van der Waals surface area contributed by atoms with Crippen molar-refractivity contribution in [1.29, 1.82) is 0 Å². The number of hydrogen-bond acceptors (Lipinski definition) is 4. The molecule has 5 nitrogen and oxygen atoms in total. The number of amidine groups is 1. The Labute approximate surface area is 80.8 Å². The van der Waals surface area contributed by atoms with Crippen LogP contribution < -0.4 is 11.1 Å². The van der Waals surface area contributed by atoms with Crippen LogP contribution in [0.2, 0.25) is 0 Å². The quantitative estimate of drug-likeness (QED) is 0.180. The maximum Gasteiger partial charge on any atom is 0.156 e. The first-order valence-corrected chi connectivity index (χ1v) is 5.81. The molecule has 0 saturated heterocycles. The molecular weight excluding hydrogens is 190 g/mol. The van der Waals surface area contributed by atoms with E-state index in [1.54, 1.807) is 13.2 Å². The summed E-state index contributed by atoms with van der Waals surface area (Å²) < 4.78 is 10.7. The van der Waals surface area contributed by atoms with E-state index in [1.807, 2.05) is 0 Å². The van der Waals surface area contributed by atoms with Crippen LogP contribution in [0.5, 0.6) is 0 Å². The third-order valence-electron chi connectivity index (χ3n) is 1.62. The van der Waals surface area contributed by atoms with Gasteiger partial charge in [-0.2, -0.15) is 0 Å². The van der Waals surface area contributed by atoms with Crippen molar-refractivity contribution in [3.63, 3.8) is 0 Å². The van der Waals surface area contributed by atoms with Crippen molar-refractivity contribution in [3.8, 4) is 0 Å². The average molecular weight is 207 g/mol. The van der Waals surface area contributed by atoms with E-state index >= 15 is 0 Å². The number of nitrogens with zero attached hydrogens (tertiary/aromatic N) is 1. The van der Waals surface area contributed by atoms with Crippen molar-refractivity contribution in [3.05, 3.63) is 0 Å². The van der Waals surface area contributed by atoms with Crippen LogP contribution in [0.15, 0.2) is 5.16 Å². The van der Waals surface area contributed by atoms with E-state index in [1.165, 1.54) is 0 Å². The van der Waals surface area contributed by atoms with Crippen LogP contribution in [0.4, 0.5) is 0 Å². The fourth-order valence-corrected chi connectivity index (χ4v) is 1.34. The summed E-state index contributed by atoms with van der Waals surface area (Å²) in [4.78, 5) is 0. The second kappa shape index (κ2) is 6.85. The molecule has 0 aliphatic carbocycles. The predicted molar refractivity (Wildman–Crippen MR) is 54.4 cm³/mol. The minimum absolute atomic E-state index is 0.143. The van der Waals surface area contributed by atoms with Crippen molar-refractivity contribution in [1.82, 2.24) is 5.32 Å².